The summed E-state index contributed by atoms with van der Waals surface area (Å²) in [7, 11) is 0. The van der Waals surface area contributed by atoms with Crippen molar-refractivity contribution in [3.63, 3.8) is 0 Å². The van der Waals surface area contributed by atoms with Gasteiger partial charge in [-0.1, -0.05) is 6.07 Å². The zero-order chi connectivity index (χ0) is 14.1. The van der Waals surface area contributed by atoms with Gasteiger partial charge in [-0.2, -0.15) is 0 Å². The smallest absolute Gasteiger partial charge is 0.201 e. The van der Waals surface area contributed by atoms with E-state index in [-0.39, 0.29) is 0 Å². The van der Waals surface area contributed by atoms with Crippen LogP contribution in [0, 0.1) is 6.92 Å². The van der Waals surface area contributed by atoms with Crippen LogP contribution >= 0.6 is 0 Å². The number of hydrogen-bond donors (Lipinski definition) is 1. The van der Waals surface area contributed by atoms with Crippen LogP contribution in [0.2, 0.25) is 0 Å². The topological polar surface area (TPSA) is 56.3 Å². The third kappa shape index (κ3) is 2.51. The highest BCUT2D eigenvalue weighted by Crippen LogP contribution is 2.24. The maximum Gasteiger partial charge on any atom is 0.201 e. The van der Waals surface area contributed by atoms with E-state index in [2.05, 4.69) is 46.5 Å². The van der Waals surface area contributed by atoms with Crippen molar-refractivity contribution < 1.29 is 4.74 Å². The highest BCUT2D eigenvalue weighted by atomic mass is 16.5. The quantitative estimate of drug-likeness (QED) is 0.927. The molecule has 0 radical (unpaired) electrons. The van der Waals surface area contributed by atoms with Crippen LogP contribution in [0.3, 0.4) is 0 Å². The summed E-state index contributed by atoms with van der Waals surface area (Å²) >= 11 is 0. The van der Waals surface area contributed by atoms with Crippen molar-refractivity contribution in [1.82, 2.24) is 14.5 Å². The molecule has 1 aromatic carbocycles. The minimum absolute atomic E-state index is 0.306. The van der Waals surface area contributed by atoms with E-state index in [1.54, 1.807) is 0 Å². The first-order valence-corrected chi connectivity index (χ1v) is 7.19. The Morgan fingerprint density at radius 2 is 2.10 bits per heavy atom. The molecule has 0 spiro atoms. The number of nitrogens with zero attached hydrogens (tertiary/aromatic N) is 3. The maximum atomic E-state index is 6.12. The van der Waals surface area contributed by atoms with Gasteiger partial charge in [-0.3, -0.25) is 4.90 Å². The molecule has 0 bridgehead atoms. The highest BCUT2D eigenvalue weighted by Gasteiger charge is 2.18. The molecule has 1 aliphatic heterocycles. The van der Waals surface area contributed by atoms with Crippen LogP contribution in [0.4, 0.5) is 5.95 Å². The van der Waals surface area contributed by atoms with Crippen LogP contribution in [0.1, 0.15) is 18.5 Å². The summed E-state index contributed by atoms with van der Waals surface area (Å²) in [6, 6.07) is 6.62. The summed E-state index contributed by atoms with van der Waals surface area (Å²) < 4.78 is 7.54. The van der Waals surface area contributed by atoms with Crippen LogP contribution in [0.15, 0.2) is 18.2 Å². The van der Waals surface area contributed by atoms with E-state index in [1.807, 2.05) is 0 Å². The van der Waals surface area contributed by atoms with Crippen LogP contribution in [0.25, 0.3) is 11.0 Å². The van der Waals surface area contributed by atoms with Crippen molar-refractivity contribution in [2.24, 2.45) is 0 Å². The number of benzene rings is 1. The molecule has 108 valence electrons. The van der Waals surface area contributed by atoms with E-state index in [9.17, 15) is 0 Å². The van der Waals surface area contributed by atoms with Crippen molar-refractivity contribution in [2.75, 3.05) is 38.6 Å². The monoisotopic (exact) mass is 274 g/mol. The summed E-state index contributed by atoms with van der Waals surface area (Å²) in [4.78, 5) is 6.91. The summed E-state index contributed by atoms with van der Waals surface area (Å²) in [5.74, 6) is 0.603. The summed E-state index contributed by atoms with van der Waals surface area (Å²) in [5.41, 5.74) is 9.43. The first-order chi connectivity index (χ1) is 9.65. The average Bonchev–Trinajstić information content (AvgIpc) is 2.74. The predicted molar refractivity (Wildman–Crippen MR) is 80.9 cm³/mol. The zero-order valence-electron chi connectivity index (χ0n) is 12.2. The molecule has 1 fully saturated rings. The van der Waals surface area contributed by atoms with Gasteiger partial charge in [0.05, 0.1) is 24.2 Å². The third-order valence-corrected chi connectivity index (χ3v) is 3.94. The molecule has 2 N–H and O–H groups in total. The van der Waals surface area contributed by atoms with Crippen molar-refractivity contribution in [3.05, 3.63) is 23.8 Å². The normalized spacial score (nSPS) is 18.5. The van der Waals surface area contributed by atoms with Crippen molar-refractivity contribution in [1.29, 1.82) is 0 Å². The van der Waals surface area contributed by atoms with Crippen LogP contribution in [-0.2, 0) is 4.74 Å². The Balaban J connectivity index is 1.86. The molecular weight excluding hydrogens is 252 g/mol. The molecule has 0 amide bonds. The number of rotatable bonds is 3. The number of imidazole rings is 1. The van der Waals surface area contributed by atoms with Gasteiger partial charge in [-0.25, -0.2) is 4.98 Å². The number of ether oxygens (including phenoxy) is 1. The first kappa shape index (κ1) is 13.4. The van der Waals surface area contributed by atoms with Gasteiger partial charge in [-0.15, -0.1) is 0 Å². The lowest BCUT2D eigenvalue weighted by atomic mass is 10.2. The molecule has 1 unspecified atom stereocenters. The van der Waals surface area contributed by atoms with E-state index in [0.717, 1.165) is 43.9 Å². The molecule has 1 atom stereocenters. The second-order valence-corrected chi connectivity index (χ2v) is 5.59. The second-order valence-electron chi connectivity index (χ2n) is 5.59. The Morgan fingerprint density at radius 1 is 1.35 bits per heavy atom. The van der Waals surface area contributed by atoms with Crippen molar-refractivity contribution in [2.45, 2.75) is 19.9 Å². The van der Waals surface area contributed by atoms with E-state index in [0.29, 0.717) is 12.0 Å². The molecule has 1 saturated heterocycles. The van der Waals surface area contributed by atoms with Crippen LogP contribution in [-0.4, -0.2) is 47.3 Å². The third-order valence-electron chi connectivity index (χ3n) is 3.94. The number of morpholine rings is 1. The fourth-order valence-corrected chi connectivity index (χ4v) is 2.93. The lowest BCUT2D eigenvalue weighted by Crippen LogP contribution is -2.39. The fraction of sp³-hybridized carbons (Fsp3) is 0.533. The molecule has 0 aliphatic carbocycles. The number of nitrogen functional groups attached to an aromatic ring is 1. The molecule has 20 heavy (non-hydrogen) atoms. The molecule has 5 heteroatoms. The Kier molecular flexibility index (Phi) is 3.63. The second kappa shape index (κ2) is 5.42. The number of hydrogen-bond acceptors (Lipinski definition) is 4. The molecule has 0 saturated carbocycles. The van der Waals surface area contributed by atoms with E-state index in [1.165, 1.54) is 5.56 Å². The van der Waals surface area contributed by atoms with Gasteiger partial charge in [0, 0.05) is 25.7 Å². The fourth-order valence-electron chi connectivity index (χ4n) is 2.93. The minimum Gasteiger partial charge on any atom is -0.379 e. The standard InChI is InChI=1S/C15H22N4O/c1-11-3-4-14-13(9-11)17-15(16)19(14)12(2)10-18-5-7-20-8-6-18/h3-4,9,12H,5-8,10H2,1-2H3,(H2,16,17). The van der Waals surface area contributed by atoms with Gasteiger partial charge in [0.15, 0.2) is 0 Å². The number of nitrogens with two attached hydrogens (primary N) is 1. The van der Waals surface area contributed by atoms with Crippen LogP contribution < -0.4 is 5.73 Å². The van der Waals surface area contributed by atoms with Crippen molar-refractivity contribution in [3.8, 4) is 0 Å². The van der Waals surface area contributed by atoms with Gasteiger partial charge in [0.25, 0.3) is 0 Å². The summed E-state index contributed by atoms with van der Waals surface area (Å²) in [6.45, 7) is 8.90. The number of fused-ring (bicyclic) bond motifs is 1. The maximum absolute atomic E-state index is 6.12. The van der Waals surface area contributed by atoms with E-state index >= 15 is 0 Å². The van der Waals surface area contributed by atoms with Gasteiger partial charge in [0.2, 0.25) is 5.95 Å². The van der Waals surface area contributed by atoms with Gasteiger partial charge >= 0.3 is 0 Å². The van der Waals surface area contributed by atoms with Gasteiger partial charge in [-0.05, 0) is 31.5 Å². The van der Waals surface area contributed by atoms with Gasteiger partial charge < -0.3 is 15.0 Å². The lowest BCUT2D eigenvalue weighted by molar-refractivity contribution is 0.0329. The van der Waals surface area contributed by atoms with E-state index < -0.39 is 0 Å². The lowest BCUT2D eigenvalue weighted by Gasteiger charge is -2.30. The molecule has 5 nitrogen and oxygen atoms in total. The number of aromatic nitrogens is 2. The molecule has 1 aromatic heterocycles. The van der Waals surface area contributed by atoms with E-state index in [4.69, 9.17) is 10.5 Å². The Bertz CT molecular complexity index is 601. The summed E-state index contributed by atoms with van der Waals surface area (Å²) in [5, 5.41) is 0. The largest absolute Gasteiger partial charge is 0.379 e. The zero-order valence-corrected chi connectivity index (χ0v) is 12.2. The molecule has 2 aromatic rings. The Hall–Kier alpha value is -1.59. The first-order valence-electron chi connectivity index (χ1n) is 7.19. The van der Waals surface area contributed by atoms with Crippen molar-refractivity contribution >= 4 is 17.0 Å². The Morgan fingerprint density at radius 3 is 2.85 bits per heavy atom. The Labute approximate surface area is 119 Å². The SMILES string of the molecule is Cc1ccc2c(c1)nc(N)n2C(C)CN1CCOCC1. The highest BCUT2D eigenvalue weighted by molar-refractivity contribution is 5.79. The number of aryl methyl sites for hydroxylation is 1. The predicted octanol–water partition coefficient (Wildman–Crippen LogP) is 1.82. The van der Waals surface area contributed by atoms with Crippen LogP contribution in [0.5, 0.6) is 0 Å². The molecule has 1 aliphatic rings. The molecule has 2 heterocycles. The molecule has 3 rings (SSSR count). The molecular formula is C15H22N4O. The summed E-state index contributed by atoms with van der Waals surface area (Å²) in [6.07, 6.45) is 0. The van der Waals surface area contributed by atoms with Gasteiger partial charge in [0.1, 0.15) is 0 Å². The average molecular weight is 274 g/mol. The minimum atomic E-state index is 0.306. The number of anilines is 1.